The molecule has 26 heavy (non-hydrogen) atoms. The molecule has 1 fully saturated rings. The number of carbonyl (C=O) groups excluding carboxylic acids is 1. The summed E-state index contributed by atoms with van der Waals surface area (Å²) >= 11 is 6.15. The number of para-hydroxylation sites is 1. The molecule has 0 aliphatic carbocycles. The third-order valence-corrected chi connectivity index (χ3v) is 5.37. The predicted octanol–water partition coefficient (Wildman–Crippen LogP) is 5.43. The number of rotatable bonds is 2. The Hall–Kier alpha value is -2.39. The minimum atomic E-state index is 0.0961. The van der Waals surface area contributed by atoms with Gasteiger partial charge in [-0.05, 0) is 43.0 Å². The highest BCUT2D eigenvalue weighted by Crippen LogP contribution is 2.28. The molecule has 0 spiro atoms. The molecule has 132 valence electrons. The summed E-state index contributed by atoms with van der Waals surface area (Å²) in [6.07, 6.45) is 2.13. The molecule has 4 rings (SSSR count). The summed E-state index contributed by atoms with van der Waals surface area (Å²) in [5.41, 5.74) is 3.25. The van der Waals surface area contributed by atoms with Crippen LogP contribution in [0.25, 0.3) is 22.2 Å². The van der Waals surface area contributed by atoms with E-state index in [1.165, 1.54) is 0 Å². The summed E-state index contributed by atoms with van der Waals surface area (Å²) in [7, 11) is 0. The van der Waals surface area contributed by atoms with Crippen LogP contribution in [0.5, 0.6) is 0 Å². The van der Waals surface area contributed by atoms with Crippen molar-refractivity contribution in [1.29, 1.82) is 0 Å². The van der Waals surface area contributed by atoms with Gasteiger partial charge < -0.3 is 4.90 Å². The fourth-order valence-electron chi connectivity index (χ4n) is 3.53. The lowest BCUT2D eigenvalue weighted by Gasteiger charge is -2.30. The molecule has 0 N–H and O–H groups in total. The molecule has 0 saturated carbocycles. The minimum Gasteiger partial charge on any atom is -0.339 e. The van der Waals surface area contributed by atoms with Crippen LogP contribution in [0.3, 0.4) is 0 Å². The molecule has 1 saturated heterocycles. The summed E-state index contributed by atoms with van der Waals surface area (Å²) in [5.74, 6) is 0.786. The standard InChI is InChI=1S/C22H21ClN2O/c1-15-9-11-25(12-10-15)22(26)19-14-21(16-5-4-6-17(23)13-16)24-20-8-3-2-7-18(19)20/h2-8,13-15H,9-12H2,1H3. The van der Waals surface area contributed by atoms with Crippen molar-refractivity contribution in [3.8, 4) is 11.3 Å². The van der Waals surface area contributed by atoms with E-state index in [1.54, 1.807) is 0 Å². The van der Waals surface area contributed by atoms with Gasteiger partial charge in [0.2, 0.25) is 0 Å². The average Bonchev–Trinajstić information content (AvgIpc) is 2.67. The molecule has 0 bridgehead atoms. The Morgan fingerprint density at radius 1 is 1.08 bits per heavy atom. The maximum Gasteiger partial charge on any atom is 0.254 e. The Morgan fingerprint density at radius 2 is 1.85 bits per heavy atom. The van der Waals surface area contributed by atoms with E-state index < -0.39 is 0 Å². The van der Waals surface area contributed by atoms with E-state index in [2.05, 4.69) is 6.92 Å². The fourth-order valence-corrected chi connectivity index (χ4v) is 3.72. The lowest BCUT2D eigenvalue weighted by Crippen LogP contribution is -2.38. The number of carbonyl (C=O) groups is 1. The van der Waals surface area contributed by atoms with E-state index in [1.807, 2.05) is 59.5 Å². The van der Waals surface area contributed by atoms with Crippen LogP contribution < -0.4 is 0 Å². The predicted molar refractivity (Wildman–Crippen MR) is 106 cm³/mol. The van der Waals surface area contributed by atoms with Gasteiger partial charge in [-0.2, -0.15) is 0 Å². The van der Waals surface area contributed by atoms with Crippen LogP contribution in [-0.4, -0.2) is 28.9 Å². The van der Waals surface area contributed by atoms with Crippen molar-refractivity contribution in [2.75, 3.05) is 13.1 Å². The van der Waals surface area contributed by atoms with Crippen molar-refractivity contribution in [2.45, 2.75) is 19.8 Å². The molecule has 1 aliphatic heterocycles. The number of hydrogen-bond acceptors (Lipinski definition) is 2. The Labute approximate surface area is 158 Å². The van der Waals surface area contributed by atoms with E-state index >= 15 is 0 Å². The quantitative estimate of drug-likeness (QED) is 0.607. The van der Waals surface area contributed by atoms with Crippen LogP contribution in [-0.2, 0) is 0 Å². The molecule has 0 radical (unpaired) electrons. The monoisotopic (exact) mass is 364 g/mol. The molecule has 3 aromatic rings. The molecule has 0 atom stereocenters. The number of likely N-dealkylation sites (tertiary alicyclic amines) is 1. The molecule has 1 aliphatic rings. The van der Waals surface area contributed by atoms with Crippen LogP contribution in [0.2, 0.25) is 5.02 Å². The zero-order valence-corrected chi connectivity index (χ0v) is 15.5. The molecular weight excluding hydrogens is 344 g/mol. The molecule has 4 heteroatoms. The summed E-state index contributed by atoms with van der Waals surface area (Å²) in [6.45, 7) is 3.90. The first-order chi connectivity index (χ1) is 12.6. The molecule has 2 heterocycles. The third-order valence-electron chi connectivity index (χ3n) is 5.14. The molecule has 0 unspecified atom stereocenters. The van der Waals surface area contributed by atoms with Gasteiger partial charge in [-0.25, -0.2) is 4.98 Å². The minimum absolute atomic E-state index is 0.0961. The van der Waals surface area contributed by atoms with Gasteiger partial charge in [0.15, 0.2) is 0 Å². The van der Waals surface area contributed by atoms with E-state index in [4.69, 9.17) is 16.6 Å². The van der Waals surface area contributed by atoms with Gasteiger partial charge in [0.05, 0.1) is 16.8 Å². The molecule has 2 aromatic carbocycles. The van der Waals surface area contributed by atoms with Crippen molar-refractivity contribution in [2.24, 2.45) is 5.92 Å². The van der Waals surface area contributed by atoms with E-state index in [9.17, 15) is 4.79 Å². The summed E-state index contributed by atoms with van der Waals surface area (Å²) in [5, 5.41) is 1.57. The number of halogens is 1. The SMILES string of the molecule is CC1CCN(C(=O)c2cc(-c3cccc(Cl)c3)nc3ccccc23)CC1. The van der Waals surface area contributed by atoms with Gasteiger partial charge in [-0.1, -0.05) is 48.9 Å². The van der Waals surface area contributed by atoms with Crippen molar-refractivity contribution >= 4 is 28.4 Å². The zero-order chi connectivity index (χ0) is 18.1. The van der Waals surface area contributed by atoms with E-state index in [0.29, 0.717) is 10.9 Å². The summed E-state index contributed by atoms with van der Waals surface area (Å²) < 4.78 is 0. The number of aromatic nitrogens is 1. The highest BCUT2D eigenvalue weighted by molar-refractivity contribution is 6.30. The largest absolute Gasteiger partial charge is 0.339 e. The number of pyridine rings is 1. The number of benzene rings is 2. The van der Waals surface area contributed by atoms with Crippen LogP contribution in [0.4, 0.5) is 0 Å². The maximum absolute atomic E-state index is 13.2. The summed E-state index contributed by atoms with van der Waals surface area (Å²) in [6, 6.07) is 17.4. The van der Waals surface area contributed by atoms with Crippen molar-refractivity contribution in [3.63, 3.8) is 0 Å². The number of fused-ring (bicyclic) bond motifs is 1. The molecule has 1 aromatic heterocycles. The lowest BCUT2D eigenvalue weighted by molar-refractivity contribution is 0.0699. The van der Waals surface area contributed by atoms with Gasteiger partial charge in [0, 0.05) is 29.1 Å². The fraction of sp³-hybridized carbons (Fsp3) is 0.273. The normalized spacial score (nSPS) is 15.4. The number of piperidine rings is 1. The zero-order valence-electron chi connectivity index (χ0n) is 14.8. The van der Waals surface area contributed by atoms with E-state index in [-0.39, 0.29) is 5.91 Å². The highest BCUT2D eigenvalue weighted by Gasteiger charge is 2.23. The Morgan fingerprint density at radius 3 is 2.62 bits per heavy atom. The highest BCUT2D eigenvalue weighted by atomic mass is 35.5. The second kappa shape index (κ2) is 7.08. The summed E-state index contributed by atoms with van der Waals surface area (Å²) in [4.78, 5) is 20.0. The number of nitrogens with zero attached hydrogens (tertiary/aromatic N) is 2. The van der Waals surface area contributed by atoms with Gasteiger partial charge in [-0.15, -0.1) is 0 Å². The second-order valence-electron chi connectivity index (χ2n) is 7.06. The first-order valence-electron chi connectivity index (χ1n) is 9.07. The van der Waals surface area contributed by atoms with Crippen LogP contribution >= 0.6 is 11.6 Å². The van der Waals surface area contributed by atoms with Crippen molar-refractivity contribution in [3.05, 3.63) is 65.2 Å². The smallest absolute Gasteiger partial charge is 0.254 e. The Bertz CT molecular complexity index is 961. The van der Waals surface area contributed by atoms with Crippen LogP contribution in [0.1, 0.15) is 30.1 Å². The molecular formula is C22H21ClN2O. The Kier molecular flexibility index (Phi) is 4.64. The first kappa shape index (κ1) is 17.0. The van der Waals surface area contributed by atoms with Crippen molar-refractivity contribution < 1.29 is 4.79 Å². The van der Waals surface area contributed by atoms with Gasteiger partial charge in [0.1, 0.15) is 0 Å². The van der Waals surface area contributed by atoms with E-state index in [0.717, 1.165) is 53.7 Å². The maximum atomic E-state index is 13.2. The van der Waals surface area contributed by atoms with Gasteiger partial charge in [0.25, 0.3) is 5.91 Å². The van der Waals surface area contributed by atoms with Crippen molar-refractivity contribution in [1.82, 2.24) is 9.88 Å². The lowest BCUT2D eigenvalue weighted by atomic mass is 9.97. The molecule has 3 nitrogen and oxygen atoms in total. The van der Waals surface area contributed by atoms with Crippen LogP contribution in [0.15, 0.2) is 54.6 Å². The van der Waals surface area contributed by atoms with Gasteiger partial charge >= 0.3 is 0 Å². The Balaban J connectivity index is 1.81. The first-order valence-corrected chi connectivity index (χ1v) is 9.44. The average molecular weight is 365 g/mol. The number of hydrogen-bond donors (Lipinski definition) is 0. The topological polar surface area (TPSA) is 33.2 Å². The third kappa shape index (κ3) is 3.32. The number of amides is 1. The second-order valence-corrected chi connectivity index (χ2v) is 7.49. The van der Waals surface area contributed by atoms with Gasteiger partial charge in [-0.3, -0.25) is 4.79 Å². The molecule has 1 amide bonds. The van der Waals surface area contributed by atoms with Crippen LogP contribution in [0, 0.1) is 5.92 Å².